The molecule has 1 aliphatic heterocycles. The third-order valence-corrected chi connectivity index (χ3v) is 9.30. The largest absolute Gasteiger partial charge is 0.320 e. The Labute approximate surface area is 209 Å². The molecule has 0 saturated heterocycles. The van der Waals surface area contributed by atoms with Crippen molar-refractivity contribution in [3.8, 4) is 0 Å². The molecule has 4 nitrogen and oxygen atoms in total. The van der Waals surface area contributed by atoms with E-state index in [1.807, 2.05) is 42.5 Å². The maximum absolute atomic E-state index is 13.1. The van der Waals surface area contributed by atoms with Gasteiger partial charge in [-0.05, 0) is 59.7 Å². The third kappa shape index (κ3) is 5.17. The van der Waals surface area contributed by atoms with Gasteiger partial charge in [0.1, 0.15) is 0 Å². The zero-order valence-corrected chi connectivity index (χ0v) is 22.1. The van der Waals surface area contributed by atoms with Crippen LogP contribution < -0.4 is 5.32 Å². The van der Waals surface area contributed by atoms with Gasteiger partial charge in [-0.1, -0.05) is 77.8 Å². The molecule has 3 aromatic carbocycles. The average Bonchev–Trinajstić information content (AvgIpc) is 2.73. The van der Waals surface area contributed by atoms with E-state index in [1.165, 1.54) is 17.8 Å². The van der Waals surface area contributed by atoms with Gasteiger partial charge in [0.2, 0.25) is 0 Å². The zero-order valence-electron chi connectivity index (χ0n) is 15.7. The van der Waals surface area contributed by atoms with Crippen LogP contribution in [0.25, 0.3) is 6.08 Å². The molecule has 0 bridgehead atoms. The molecule has 9 heteroatoms. The first kappa shape index (κ1) is 22.8. The number of carbonyl (C=O) groups excluding carboxylic acids is 1. The Hall–Kier alpha value is -1.39. The molecule has 0 unspecified atom stereocenters. The second-order valence-corrected chi connectivity index (χ2v) is 12.4. The molecule has 0 fully saturated rings. The lowest BCUT2D eigenvalue weighted by atomic mass is 10.2. The predicted molar refractivity (Wildman–Crippen MR) is 136 cm³/mol. The van der Waals surface area contributed by atoms with E-state index in [9.17, 15) is 13.2 Å². The molecule has 0 spiro atoms. The fourth-order valence-electron chi connectivity index (χ4n) is 2.98. The molecule has 0 radical (unpaired) electrons. The van der Waals surface area contributed by atoms with Crippen LogP contribution in [0.5, 0.6) is 0 Å². The number of benzene rings is 3. The smallest absolute Gasteiger partial charge is 0.262 e. The van der Waals surface area contributed by atoms with E-state index in [0.717, 1.165) is 19.0 Å². The van der Waals surface area contributed by atoms with E-state index in [2.05, 4.69) is 53.1 Å². The Morgan fingerprint density at radius 2 is 1.61 bits per heavy atom. The number of thioether (sulfide) groups is 1. The van der Waals surface area contributed by atoms with Crippen molar-refractivity contribution in [1.29, 1.82) is 0 Å². The number of hydrogen-bond donors (Lipinski definition) is 1. The molecule has 158 valence electrons. The van der Waals surface area contributed by atoms with Gasteiger partial charge in [0, 0.05) is 18.3 Å². The van der Waals surface area contributed by atoms with Gasteiger partial charge < -0.3 is 5.32 Å². The molecular formula is C22H14Br3NO3S2. The highest BCUT2D eigenvalue weighted by Gasteiger charge is 2.25. The first-order valence-electron chi connectivity index (χ1n) is 8.99. The Bertz CT molecular complexity index is 1300. The number of halogens is 3. The zero-order chi connectivity index (χ0) is 22.2. The Kier molecular flexibility index (Phi) is 6.79. The van der Waals surface area contributed by atoms with Gasteiger partial charge in [0.15, 0.2) is 9.84 Å². The maximum atomic E-state index is 13.1. The number of rotatable bonds is 4. The monoisotopic (exact) mass is 641 g/mol. The van der Waals surface area contributed by atoms with Crippen molar-refractivity contribution in [2.45, 2.75) is 15.5 Å². The summed E-state index contributed by atoms with van der Waals surface area (Å²) in [5.41, 5.74) is 2.15. The maximum Gasteiger partial charge on any atom is 0.262 e. The van der Waals surface area contributed by atoms with Gasteiger partial charge in [-0.25, -0.2) is 8.42 Å². The van der Waals surface area contributed by atoms with Gasteiger partial charge >= 0.3 is 0 Å². The molecule has 31 heavy (non-hydrogen) atoms. The standard InChI is InChI=1S/C22H14Br3NO3S2/c23-14-6-4-13(5-7-14)10-21-22(27)26-19-9-8-15(11-20(19)30-21)31(28,29)12-16-17(24)2-1-3-18(16)25/h1-11H,12H2,(H,26,27)/b21-10+. The number of hydrogen-bond acceptors (Lipinski definition) is 4. The van der Waals surface area contributed by atoms with Gasteiger partial charge in [-0.3, -0.25) is 4.79 Å². The van der Waals surface area contributed by atoms with Crippen molar-refractivity contribution < 1.29 is 13.2 Å². The molecule has 4 rings (SSSR count). The van der Waals surface area contributed by atoms with Crippen molar-refractivity contribution in [1.82, 2.24) is 0 Å². The van der Waals surface area contributed by atoms with E-state index in [4.69, 9.17) is 0 Å². The quantitative estimate of drug-likeness (QED) is 0.310. The van der Waals surface area contributed by atoms with Crippen molar-refractivity contribution in [3.63, 3.8) is 0 Å². The molecule has 0 aromatic heterocycles. The first-order valence-corrected chi connectivity index (χ1v) is 13.8. The van der Waals surface area contributed by atoms with Crippen LogP contribution in [-0.4, -0.2) is 14.3 Å². The van der Waals surface area contributed by atoms with E-state index in [0.29, 0.717) is 21.1 Å². The summed E-state index contributed by atoms with van der Waals surface area (Å²) in [6, 6.07) is 17.8. The second-order valence-electron chi connectivity index (χ2n) is 6.73. The lowest BCUT2D eigenvalue weighted by Crippen LogP contribution is -2.17. The lowest BCUT2D eigenvalue weighted by Gasteiger charge is -2.19. The molecule has 1 amide bonds. The van der Waals surface area contributed by atoms with E-state index in [-0.39, 0.29) is 16.6 Å². The number of fused-ring (bicyclic) bond motifs is 1. The van der Waals surface area contributed by atoms with Crippen molar-refractivity contribution in [2.75, 3.05) is 5.32 Å². The van der Waals surface area contributed by atoms with Crippen LogP contribution in [-0.2, 0) is 20.4 Å². The average molecular weight is 644 g/mol. The lowest BCUT2D eigenvalue weighted by molar-refractivity contribution is -0.112. The number of sulfone groups is 1. The summed E-state index contributed by atoms with van der Waals surface area (Å²) in [6.07, 6.45) is 1.79. The number of carbonyl (C=O) groups is 1. The summed E-state index contributed by atoms with van der Waals surface area (Å²) in [5.74, 6) is -0.361. The van der Waals surface area contributed by atoms with Crippen molar-refractivity contribution in [2.24, 2.45) is 0 Å². The fourth-order valence-corrected chi connectivity index (χ4v) is 7.39. The second kappa shape index (κ2) is 9.23. The van der Waals surface area contributed by atoms with Crippen LogP contribution in [0.15, 0.2) is 88.8 Å². The normalized spacial score (nSPS) is 14.9. The summed E-state index contributed by atoms with van der Waals surface area (Å²) in [6.45, 7) is 0. The van der Waals surface area contributed by atoms with E-state index >= 15 is 0 Å². The fraction of sp³-hybridized carbons (Fsp3) is 0.0455. The highest BCUT2D eigenvalue weighted by molar-refractivity contribution is 9.11. The van der Waals surface area contributed by atoms with Crippen LogP contribution in [0.2, 0.25) is 0 Å². The summed E-state index contributed by atoms with van der Waals surface area (Å²) in [7, 11) is -3.60. The summed E-state index contributed by atoms with van der Waals surface area (Å²) < 4.78 is 28.6. The number of amides is 1. The van der Waals surface area contributed by atoms with Crippen LogP contribution >= 0.6 is 59.6 Å². The molecule has 3 aromatic rings. The van der Waals surface area contributed by atoms with Gasteiger partial charge in [0.25, 0.3) is 5.91 Å². The molecule has 0 atom stereocenters. The number of nitrogens with one attached hydrogen (secondary N) is 1. The summed E-state index contributed by atoms with van der Waals surface area (Å²) in [4.78, 5) is 13.9. The van der Waals surface area contributed by atoms with E-state index in [1.54, 1.807) is 18.2 Å². The molecule has 1 heterocycles. The highest BCUT2D eigenvalue weighted by Crippen LogP contribution is 2.40. The molecule has 0 saturated carbocycles. The molecule has 1 N–H and O–H groups in total. The number of anilines is 1. The van der Waals surface area contributed by atoms with Crippen molar-refractivity contribution >= 4 is 87.1 Å². The van der Waals surface area contributed by atoms with Crippen LogP contribution in [0.1, 0.15) is 11.1 Å². The molecule has 0 aliphatic carbocycles. The predicted octanol–water partition coefficient (Wildman–Crippen LogP) is 7.03. The summed E-state index contributed by atoms with van der Waals surface area (Å²) >= 11 is 11.5. The van der Waals surface area contributed by atoms with Crippen LogP contribution in [0, 0.1) is 0 Å². The Balaban J connectivity index is 1.65. The third-order valence-electron chi connectivity index (χ3n) is 4.57. The van der Waals surface area contributed by atoms with Gasteiger partial charge in [-0.2, -0.15) is 0 Å². The van der Waals surface area contributed by atoms with Crippen molar-refractivity contribution in [3.05, 3.63) is 90.1 Å². The SMILES string of the molecule is O=C1Nc2ccc(S(=O)(=O)Cc3c(Br)cccc3Br)cc2S/C1=C/c1ccc(Br)cc1. The molecule has 1 aliphatic rings. The Morgan fingerprint density at radius 1 is 0.935 bits per heavy atom. The van der Waals surface area contributed by atoms with Gasteiger partial charge in [-0.15, -0.1) is 0 Å². The highest BCUT2D eigenvalue weighted by atomic mass is 79.9. The molecular weight excluding hydrogens is 630 g/mol. The van der Waals surface area contributed by atoms with E-state index < -0.39 is 9.84 Å². The Morgan fingerprint density at radius 3 is 2.29 bits per heavy atom. The summed E-state index contributed by atoms with van der Waals surface area (Å²) in [5, 5.41) is 2.84. The minimum atomic E-state index is -3.60. The first-order chi connectivity index (χ1) is 14.7. The minimum Gasteiger partial charge on any atom is -0.320 e. The topological polar surface area (TPSA) is 63.2 Å². The van der Waals surface area contributed by atoms with Crippen LogP contribution in [0.4, 0.5) is 5.69 Å². The van der Waals surface area contributed by atoms with Gasteiger partial charge in [0.05, 0.1) is 21.2 Å². The van der Waals surface area contributed by atoms with Crippen LogP contribution in [0.3, 0.4) is 0 Å². The minimum absolute atomic E-state index is 0.146.